The zero-order chi connectivity index (χ0) is 23.1. The molecule has 0 unspecified atom stereocenters. The molecular weight excluding hydrogens is 426 g/mol. The number of hydrogen-bond donors (Lipinski definition) is 2. The Kier molecular flexibility index (Phi) is 4.59. The van der Waals surface area contributed by atoms with Crippen molar-refractivity contribution in [3.05, 3.63) is 102 Å². The fraction of sp³-hybridized carbons (Fsp3) is 0. The highest BCUT2D eigenvalue weighted by Crippen LogP contribution is 2.25. The molecule has 2 aliphatic heterocycles. The Morgan fingerprint density at radius 2 is 1.26 bits per heavy atom. The molecule has 0 amide bonds. The molecule has 0 atom stereocenters. The summed E-state index contributed by atoms with van der Waals surface area (Å²) >= 11 is 0. The van der Waals surface area contributed by atoms with Crippen molar-refractivity contribution in [3.8, 4) is 23.0 Å². The van der Waals surface area contributed by atoms with Gasteiger partial charge in [-0.05, 0) is 85.0 Å². The van der Waals surface area contributed by atoms with Gasteiger partial charge in [0.1, 0.15) is 5.69 Å². The standard InChI is InChI=1S/C27H19N5O2/c33-26-5-1-3-19-10-12-21(31(19)26)9-7-18-8-15-23-24(29-30-25(23)17-28-18)16-14-22-13-11-20-4-2-6-27(34)32(20)22/h1-17,33-34H/b9-7+,16-14+. The summed E-state index contributed by atoms with van der Waals surface area (Å²) in [4.78, 5) is 4.52. The Hall–Kier alpha value is -4.91. The monoisotopic (exact) mass is 445 g/mol. The molecular formula is C27H19N5O2. The summed E-state index contributed by atoms with van der Waals surface area (Å²) in [5.41, 5.74) is 6.55. The number of aromatic hydroxyl groups is 2. The highest BCUT2D eigenvalue weighted by molar-refractivity contribution is 5.79. The van der Waals surface area contributed by atoms with Gasteiger partial charge in [-0.3, -0.25) is 13.8 Å². The number of hydrogen-bond acceptors (Lipinski definition) is 5. The second-order valence-electron chi connectivity index (χ2n) is 7.87. The van der Waals surface area contributed by atoms with Gasteiger partial charge in [-0.15, -0.1) is 10.2 Å². The van der Waals surface area contributed by atoms with Gasteiger partial charge >= 0.3 is 0 Å². The Labute approximate surface area is 194 Å². The largest absolute Gasteiger partial charge is 0.494 e. The fourth-order valence-electron chi connectivity index (χ4n) is 4.12. The van der Waals surface area contributed by atoms with Crippen LogP contribution in [0.15, 0.2) is 79.0 Å². The van der Waals surface area contributed by atoms with Crippen LogP contribution in [0.5, 0.6) is 11.8 Å². The molecule has 0 saturated heterocycles. The Balaban J connectivity index is 1.32. The van der Waals surface area contributed by atoms with Gasteiger partial charge in [0, 0.05) is 28.0 Å². The molecule has 4 aromatic rings. The van der Waals surface area contributed by atoms with Gasteiger partial charge in [0.05, 0.1) is 17.6 Å². The van der Waals surface area contributed by atoms with Gasteiger partial charge in [-0.1, -0.05) is 12.1 Å². The minimum absolute atomic E-state index is 0.178. The average molecular weight is 445 g/mol. The fourth-order valence-corrected chi connectivity index (χ4v) is 4.12. The molecule has 2 N–H and O–H groups in total. The average Bonchev–Trinajstić information content (AvgIpc) is 3.52. The van der Waals surface area contributed by atoms with Crippen molar-refractivity contribution < 1.29 is 10.2 Å². The van der Waals surface area contributed by atoms with E-state index in [4.69, 9.17) is 0 Å². The molecule has 34 heavy (non-hydrogen) atoms. The SMILES string of the molecule is Oc1cccc2ccc(/C=C/c3ccc4c(/C=C/c5ccc6cccc(O)n56)nnc-4cn3)n12. The molecule has 4 aromatic heterocycles. The van der Waals surface area contributed by atoms with Gasteiger partial charge in [-0.25, -0.2) is 0 Å². The second-order valence-corrected chi connectivity index (χ2v) is 7.87. The Morgan fingerprint density at radius 3 is 1.94 bits per heavy atom. The van der Waals surface area contributed by atoms with E-state index in [1.807, 2.05) is 85.0 Å². The predicted molar refractivity (Wildman–Crippen MR) is 132 cm³/mol. The highest BCUT2D eigenvalue weighted by atomic mass is 16.3. The van der Waals surface area contributed by atoms with Crippen molar-refractivity contribution in [2.75, 3.05) is 0 Å². The van der Waals surface area contributed by atoms with Crippen molar-refractivity contribution in [2.45, 2.75) is 0 Å². The summed E-state index contributed by atoms with van der Waals surface area (Å²) in [7, 11) is 0. The Bertz CT molecular complexity index is 1690. The number of pyridine rings is 2. The van der Waals surface area contributed by atoms with E-state index in [0.717, 1.165) is 39.4 Å². The quantitative estimate of drug-likeness (QED) is 0.388. The molecule has 0 aliphatic carbocycles. The van der Waals surface area contributed by atoms with Crippen LogP contribution in [0.2, 0.25) is 0 Å². The lowest BCUT2D eigenvalue weighted by Crippen LogP contribution is -1.87. The first-order chi connectivity index (χ1) is 16.7. The van der Waals surface area contributed by atoms with Crippen LogP contribution in [0.1, 0.15) is 22.8 Å². The van der Waals surface area contributed by atoms with Crippen LogP contribution in [0.3, 0.4) is 0 Å². The summed E-state index contributed by atoms with van der Waals surface area (Å²) in [6, 6.07) is 22.5. The van der Waals surface area contributed by atoms with E-state index in [-0.39, 0.29) is 11.8 Å². The van der Waals surface area contributed by atoms with E-state index >= 15 is 0 Å². The molecule has 0 saturated carbocycles. The molecule has 164 valence electrons. The first-order valence-electron chi connectivity index (χ1n) is 10.7. The van der Waals surface area contributed by atoms with Crippen molar-refractivity contribution in [3.63, 3.8) is 0 Å². The maximum absolute atomic E-state index is 10.2. The van der Waals surface area contributed by atoms with Crippen LogP contribution in [0.25, 0.3) is 46.6 Å². The van der Waals surface area contributed by atoms with Crippen molar-refractivity contribution in [1.29, 1.82) is 0 Å². The maximum atomic E-state index is 10.2. The topological polar surface area (TPSA) is 88.0 Å². The summed E-state index contributed by atoms with van der Waals surface area (Å²) in [5, 5.41) is 28.9. The van der Waals surface area contributed by atoms with Crippen LogP contribution in [-0.4, -0.2) is 34.2 Å². The van der Waals surface area contributed by atoms with E-state index in [2.05, 4.69) is 15.2 Å². The third-order valence-electron chi connectivity index (χ3n) is 5.78. The van der Waals surface area contributed by atoms with Crippen molar-refractivity contribution in [1.82, 2.24) is 24.0 Å². The number of aromatic nitrogens is 5. The van der Waals surface area contributed by atoms with E-state index in [1.165, 1.54) is 0 Å². The second kappa shape index (κ2) is 7.90. The lowest BCUT2D eigenvalue weighted by molar-refractivity contribution is 0.445. The van der Waals surface area contributed by atoms with E-state index < -0.39 is 0 Å². The summed E-state index contributed by atoms with van der Waals surface area (Å²) in [6.07, 6.45) is 9.30. The van der Waals surface area contributed by atoms with Crippen molar-refractivity contribution in [2.24, 2.45) is 0 Å². The molecule has 6 heterocycles. The van der Waals surface area contributed by atoms with Crippen molar-refractivity contribution >= 4 is 35.3 Å². The Morgan fingerprint density at radius 1 is 0.618 bits per heavy atom. The van der Waals surface area contributed by atoms with Gasteiger partial charge in [0.15, 0.2) is 11.8 Å². The predicted octanol–water partition coefficient (Wildman–Crippen LogP) is 5.23. The van der Waals surface area contributed by atoms with Crippen LogP contribution in [-0.2, 0) is 0 Å². The first kappa shape index (κ1) is 19.8. The molecule has 0 spiro atoms. The van der Waals surface area contributed by atoms with E-state index in [9.17, 15) is 10.2 Å². The zero-order valence-electron chi connectivity index (χ0n) is 17.9. The smallest absolute Gasteiger partial charge is 0.195 e. The lowest BCUT2D eigenvalue weighted by Gasteiger charge is -2.01. The molecule has 0 radical (unpaired) electrons. The van der Waals surface area contributed by atoms with Crippen LogP contribution >= 0.6 is 0 Å². The molecule has 7 nitrogen and oxygen atoms in total. The molecule has 2 aliphatic rings. The van der Waals surface area contributed by atoms with Crippen LogP contribution < -0.4 is 0 Å². The summed E-state index contributed by atoms with van der Waals surface area (Å²) in [5.74, 6) is 0.361. The minimum atomic E-state index is 0.178. The normalized spacial score (nSPS) is 12.1. The molecule has 0 bridgehead atoms. The van der Waals surface area contributed by atoms with Gasteiger partial charge in [0.2, 0.25) is 0 Å². The lowest BCUT2D eigenvalue weighted by atomic mass is 10.1. The van der Waals surface area contributed by atoms with Gasteiger partial charge in [-0.2, -0.15) is 0 Å². The van der Waals surface area contributed by atoms with E-state index in [0.29, 0.717) is 5.69 Å². The summed E-state index contributed by atoms with van der Waals surface area (Å²) in [6.45, 7) is 0. The summed E-state index contributed by atoms with van der Waals surface area (Å²) < 4.78 is 3.54. The molecule has 7 heteroatoms. The number of nitrogens with zero attached hydrogens (tertiary/aromatic N) is 5. The number of rotatable bonds is 4. The third kappa shape index (κ3) is 3.36. The van der Waals surface area contributed by atoms with E-state index in [1.54, 1.807) is 27.1 Å². The highest BCUT2D eigenvalue weighted by Gasteiger charge is 2.11. The maximum Gasteiger partial charge on any atom is 0.195 e. The van der Waals surface area contributed by atoms with Crippen LogP contribution in [0.4, 0.5) is 0 Å². The first-order valence-corrected chi connectivity index (χ1v) is 10.7. The third-order valence-corrected chi connectivity index (χ3v) is 5.78. The minimum Gasteiger partial charge on any atom is -0.494 e. The number of fused-ring (bicyclic) bond motifs is 3. The molecule has 0 fully saturated rings. The van der Waals surface area contributed by atoms with Gasteiger partial charge in [0.25, 0.3) is 0 Å². The zero-order valence-corrected chi connectivity index (χ0v) is 17.9. The van der Waals surface area contributed by atoms with Crippen LogP contribution in [0, 0.1) is 0 Å². The van der Waals surface area contributed by atoms with Gasteiger partial charge < -0.3 is 10.2 Å². The molecule has 6 rings (SSSR count). The molecule has 0 aromatic carbocycles.